The number of nitrogens with zero attached hydrogens (tertiary/aromatic N) is 1. The largest absolute Gasteiger partial charge is 0.492 e. The van der Waals surface area contributed by atoms with Gasteiger partial charge in [0.2, 0.25) is 0 Å². The van der Waals surface area contributed by atoms with Crippen molar-refractivity contribution in [3.05, 3.63) is 30.3 Å². The summed E-state index contributed by atoms with van der Waals surface area (Å²) >= 11 is 0. The zero-order valence-electron chi connectivity index (χ0n) is 12.2. The molecule has 2 N–H and O–H groups in total. The molecule has 1 saturated heterocycles. The Bertz CT molecular complexity index is 430. The molecule has 1 aromatic carbocycles. The molecule has 0 saturated carbocycles. The predicted molar refractivity (Wildman–Crippen MR) is 80.2 cm³/mol. The molecule has 1 fully saturated rings. The fraction of sp³-hybridized carbons (Fsp3) is 0.533. The first-order valence-corrected chi connectivity index (χ1v) is 6.92. The number of guanidine groups is 1. The smallest absolute Gasteiger partial charge is 0.191 e. The van der Waals surface area contributed by atoms with E-state index in [1.54, 1.807) is 7.05 Å². The summed E-state index contributed by atoms with van der Waals surface area (Å²) in [4.78, 5) is 4.19. The van der Waals surface area contributed by atoms with Crippen molar-refractivity contribution in [3.8, 4) is 5.75 Å². The van der Waals surface area contributed by atoms with E-state index in [2.05, 4.69) is 22.5 Å². The molecule has 0 bridgehead atoms. The number of nitrogens with one attached hydrogen (secondary N) is 2. The molecule has 0 aromatic heterocycles. The molecule has 110 valence electrons. The summed E-state index contributed by atoms with van der Waals surface area (Å²) in [6.45, 7) is 6.01. The predicted octanol–water partition coefficient (Wildman–Crippen LogP) is 1.27. The third kappa shape index (κ3) is 4.42. The van der Waals surface area contributed by atoms with Crippen LogP contribution in [0.25, 0.3) is 0 Å². The van der Waals surface area contributed by atoms with Crippen LogP contribution in [0.1, 0.15) is 6.92 Å². The first-order chi connectivity index (χ1) is 9.72. The van der Waals surface area contributed by atoms with E-state index in [-0.39, 0.29) is 5.41 Å². The van der Waals surface area contributed by atoms with Gasteiger partial charge in [-0.15, -0.1) is 0 Å². The van der Waals surface area contributed by atoms with Crippen molar-refractivity contribution in [1.29, 1.82) is 0 Å². The Labute approximate surface area is 120 Å². The highest BCUT2D eigenvalue weighted by atomic mass is 16.5. The van der Waals surface area contributed by atoms with Crippen LogP contribution in [0.4, 0.5) is 0 Å². The number of aliphatic imine (C=N–C) groups is 1. The van der Waals surface area contributed by atoms with Crippen molar-refractivity contribution in [2.45, 2.75) is 6.92 Å². The maximum atomic E-state index is 5.61. The van der Waals surface area contributed by atoms with Gasteiger partial charge < -0.3 is 20.1 Å². The molecular weight excluding hydrogens is 254 g/mol. The first-order valence-electron chi connectivity index (χ1n) is 6.92. The van der Waals surface area contributed by atoms with Crippen LogP contribution >= 0.6 is 0 Å². The van der Waals surface area contributed by atoms with Gasteiger partial charge in [-0.05, 0) is 12.1 Å². The molecule has 1 heterocycles. The van der Waals surface area contributed by atoms with Gasteiger partial charge in [-0.25, -0.2) is 0 Å². The van der Waals surface area contributed by atoms with Crippen molar-refractivity contribution in [2.75, 3.05) is 40.0 Å². The van der Waals surface area contributed by atoms with Gasteiger partial charge in [-0.2, -0.15) is 0 Å². The lowest BCUT2D eigenvalue weighted by Crippen LogP contribution is -2.51. The standard InChI is InChI=1S/C15H23N3O2/c1-15(11-19-12-15)10-18-14(16-2)17-8-9-20-13-6-4-3-5-7-13/h3-7H,8-12H2,1-2H3,(H2,16,17,18). The van der Waals surface area contributed by atoms with Crippen LogP contribution in [0.2, 0.25) is 0 Å². The monoisotopic (exact) mass is 277 g/mol. The van der Waals surface area contributed by atoms with Gasteiger partial charge in [0.05, 0.1) is 19.8 Å². The molecule has 20 heavy (non-hydrogen) atoms. The quantitative estimate of drug-likeness (QED) is 0.467. The zero-order chi connectivity index (χ0) is 14.3. The fourth-order valence-electron chi connectivity index (χ4n) is 1.93. The van der Waals surface area contributed by atoms with E-state index in [0.717, 1.165) is 31.5 Å². The van der Waals surface area contributed by atoms with Crippen molar-refractivity contribution < 1.29 is 9.47 Å². The second kappa shape index (κ2) is 7.14. The Kier molecular flexibility index (Phi) is 5.24. The van der Waals surface area contributed by atoms with Crippen LogP contribution in [-0.2, 0) is 4.74 Å². The zero-order valence-corrected chi connectivity index (χ0v) is 12.2. The normalized spacial score (nSPS) is 17.2. The Balaban J connectivity index is 1.61. The third-order valence-electron chi connectivity index (χ3n) is 3.21. The van der Waals surface area contributed by atoms with Gasteiger partial charge in [0.15, 0.2) is 5.96 Å². The molecule has 2 rings (SSSR count). The molecule has 0 atom stereocenters. The minimum atomic E-state index is 0.234. The van der Waals surface area contributed by atoms with E-state index in [4.69, 9.17) is 9.47 Å². The number of hydrogen-bond donors (Lipinski definition) is 2. The molecule has 1 aromatic rings. The number of hydrogen-bond acceptors (Lipinski definition) is 3. The highest BCUT2D eigenvalue weighted by molar-refractivity contribution is 5.79. The third-order valence-corrected chi connectivity index (χ3v) is 3.21. The van der Waals surface area contributed by atoms with Crippen molar-refractivity contribution >= 4 is 5.96 Å². The van der Waals surface area contributed by atoms with E-state index in [9.17, 15) is 0 Å². The van der Waals surface area contributed by atoms with Gasteiger partial charge in [-0.1, -0.05) is 25.1 Å². The second-order valence-corrected chi connectivity index (χ2v) is 5.32. The van der Waals surface area contributed by atoms with E-state index in [1.807, 2.05) is 30.3 Å². The maximum absolute atomic E-state index is 5.61. The van der Waals surface area contributed by atoms with Crippen molar-refractivity contribution in [1.82, 2.24) is 10.6 Å². The topological polar surface area (TPSA) is 54.9 Å². The molecule has 0 aliphatic carbocycles. The van der Waals surface area contributed by atoms with E-state index in [1.165, 1.54) is 0 Å². The van der Waals surface area contributed by atoms with Gasteiger partial charge in [0.25, 0.3) is 0 Å². The molecule has 1 aliphatic heterocycles. The van der Waals surface area contributed by atoms with E-state index >= 15 is 0 Å². The lowest BCUT2D eigenvalue weighted by molar-refractivity contribution is -0.0971. The first kappa shape index (κ1) is 14.7. The highest BCUT2D eigenvalue weighted by Crippen LogP contribution is 2.24. The van der Waals surface area contributed by atoms with Gasteiger partial charge in [0.1, 0.15) is 12.4 Å². The van der Waals surface area contributed by atoms with Crippen molar-refractivity contribution in [3.63, 3.8) is 0 Å². The average Bonchev–Trinajstić information content (AvgIpc) is 2.45. The molecule has 5 heteroatoms. The summed E-state index contributed by atoms with van der Waals surface area (Å²) in [5.41, 5.74) is 0.234. The molecule has 5 nitrogen and oxygen atoms in total. The summed E-state index contributed by atoms with van der Waals surface area (Å²) < 4.78 is 10.8. The van der Waals surface area contributed by atoms with Crippen LogP contribution in [0, 0.1) is 5.41 Å². The van der Waals surface area contributed by atoms with Crippen LogP contribution in [-0.4, -0.2) is 45.9 Å². The average molecular weight is 277 g/mol. The molecule has 0 unspecified atom stereocenters. The summed E-state index contributed by atoms with van der Waals surface area (Å²) in [7, 11) is 1.77. The Hall–Kier alpha value is -1.75. The molecular formula is C15H23N3O2. The number of para-hydroxylation sites is 1. The minimum absolute atomic E-state index is 0.234. The molecule has 0 spiro atoms. The van der Waals surface area contributed by atoms with Crippen LogP contribution in [0.3, 0.4) is 0 Å². The highest BCUT2D eigenvalue weighted by Gasteiger charge is 2.33. The molecule has 1 aliphatic rings. The molecule has 0 radical (unpaired) electrons. The number of ether oxygens (including phenoxy) is 2. The number of benzene rings is 1. The van der Waals surface area contributed by atoms with Crippen LogP contribution in [0.5, 0.6) is 5.75 Å². The van der Waals surface area contributed by atoms with E-state index in [0.29, 0.717) is 13.2 Å². The minimum Gasteiger partial charge on any atom is -0.492 e. The maximum Gasteiger partial charge on any atom is 0.191 e. The second-order valence-electron chi connectivity index (χ2n) is 5.32. The summed E-state index contributed by atoms with van der Waals surface area (Å²) in [5.74, 6) is 1.69. The summed E-state index contributed by atoms with van der Waals surface area (Å²) in [6, 6.07) is 9.80. The number of rotatable bonds is 6. The Morgan fingerprint density at radius 1 is 1.30 bits per heavy atom. The summed E-state index contributed by atoms with van der Waals surface area (Å²) in [6.07, 6.45) is 0. The van der Waals surface area contributed by atoms with Gasteiger partial charge in [0, 0.05) is 19.0 Å². The SMILES string of the molecule is CN=C(NCCOc1ccccc1)NCC1(C)COC1. The molecule has 0 amide bonds. The van der Waals surface area contributed by atoms with E-state index < -0.39 is 0 Å². The van der Waals surface area contributed by atoms with Crippen LogP contribution < -0.4 is 15.4 Å². The van der Waals surface area contributed by atoms with Gasteiger partial charge in [-0.3, -0.25) is 4.99 Å². The lowest BCUT2D eigenvalue weighted by Gasteiger charge is -2.38. The Morgan fingerprint density at radius 3 is 2.65 bits per heavy atom. The summed E-state index contributed by atoms with van der Waals surface area (Å²) in [5, 5.41) is 6.55. The lowest BCUT2D eigenvalue weighted by atomic mass is 9.89. The fourth-order valence-corrected chi connectivity index (χ4v) is 1.93. The Morgan fingerprint density at radius 2 is 2.05 bits per heavy atom. The van der Waals surface area contributed by atoms with Gasteiger partial charge >= 0.3 is 0 Å². The van der Waals surface area contributed by atoms with Crippen LogP contribution in [0.15, 0.2) is 35.3 Å². The van der Waals surface area contributed by atoms with Crippen molar-refractivity contribution in [2.24, 2.45) is 10.4 Å².